The molecule has 0 bridgehead atoms. The number of carbonyl (C=O) groups is 2. The van der Waals surface area contributed by atoms with Gasteiger partial charge in [0.2, 0.25) is 0 Å². The molecule has 0 amide bonds. The summed E-state index contributed by atoms with van der Waals surface area (Å²) in [5, 5.41) is 9.45. The number of hydrogen-bond donors (Lipinski definition) is 1. The van der Waals surface area contributed by atoms with E-state index in [4.69, 9.17) is 9.47 Å². The molecule has 1 aromatic carbocycles. The zero-order valence-electron chi connectivity index (χ0n) is 18.0. The molecule has 0 heterocycles. The summed E-state index contributed by atoms with van der Waals surface area (Å²) in [4.78, 5) is 24.3. The van der Waals surface area contributed by atoms with E-state index in [0.717, 1.165) is 24.8 Å². The summed E-state index contributed by atoms with van der Waals surface area (Å²) in [5.74, 6) is -0.680. The standard InChI is InChI=1S/C24H32O5/c1-16-7-6-14-24(4,5)22(15-17(2)21(13-8-16)28-18(3)25)29-23(27)19-9-11-20(26)12-10-19/h8-12,15,21-22,26H,6-7,13-14H2,1-5H3. The molecule has 5 heteroatoms. The molecular formula is C24H32O5. The maximum Gasteiger partial charge on any atom is 0.338 e. The monoisotopic (exact) mass is 400 g/mol. The van der Waals surface area contributed by atoms with E-state index < -0.39 is 12.1 Å². The smallest absolute Gasteiger partial charge is 0.338 e. The molecule has 0 fully saturated rings. The lowest BCUT2D eigenvalue weighted by Crippen LogP contribution is -2.33. The van der Waals surface area contributed by atoms with E-state index in [1.54, 1.807) is 12.1 Å². The summed E-state index contributed by atoms with van der Waals surface area (Å²) in [6, 6.07) is 6.01. The van der Waals surface area contributed by atoms with Crippen molar-refractivity contribution >= 4 is 11.9 Å². The summed E-state index contributed by atoms with van der Waals surface area (Å²) in [6.45, 7) is 9.58. The third-order valence-electron chi connectivity index (χ3n) is 5.41. The number of phenols is 1. The molecule has 0 radical (unpaired) electrons. The van der Waals surface area contributed by atoms with E-state index in [2.05, 4.69) is 26.8 Å². The number of esters is 2. The second kappa shape index (κ2) is 9.77. The van der Waals surface area contributed by atoms with Crippen LogP contribution in [0.25, 0.3) is 0 Å². The number of allylic oxidation sites excluding steroid dienone is 1. The van der Waals surface area contributed by atoms with Crippen LogP contribution in [0.1, 0.15) is 70.7 Å². The maximum atomic E-state index is 12.7. The Balaban J connectivity index is 2.34. The van der Waals surface area contributed by atoms with E-state index in [9.17, 15) is 14.7 Å². The van der Waals surface area contributed by atoms with E-state index in [-0.39, 0.29) is 23.2 Å². The van der Waals surface area contributed by atoms with E-state index in [1.165, 1.54) is 24.6 Å². The van der Waals surface area contributed by atoms with Gasteiger partial charge in [-0.15, -0.1) is 0 Å². The predicted octanol–water partition coefficient (Wildman–Crippen LogP) is 5.34. The lowest BCUT2D eigenvalue weighted by atomic mass is 9.80. The van der Waals surface area contributed by atoms with E-state index >= 15 is 0 Å². The molecule has 2 unspecified atom stereocenters. The highest BCUT2D eigenvalue weighted by Gasteiger charge is 2.32. The highest BCUT2D eigenvalue weighted by atomic mass is 16.5. The quantitative estimate of drug-likeness (QED) is 0.547. The average molecular weight is 401 g/mol. The number of hydrogen-bond acceptors (Lipinski definition) is 5. The fourth-order valence-electron chi connectivity index (χ4n) is 3.45. The lowest BCUT2D eigenvalue weighted by Gasteiger charge is -2.33. The fourth-order valence-corrected chi connectivity index (χ4v) is 3.45. The lowest BCUT2D eigenvalue weighted by molar-refractivity contribution is -0.144. The summed E-state index contributed by atoms with van der Waals surface area (Å²) in [6.07, 6.45) is 6.61. The molecule has 29 heavy (non-hydrogen) atoms. The van der Waals surface area contributed by atoms with Gasteiger partial charge in [0.25, 0.3) is 0 Å². The van der Waals surface area contributed by atoms with Crippen LogP contribution in [-0.2, 0) is 14.3 Å². The maximum absolute atomic E-state index is 12.7. The normalized spacial score (nSPS) is 22.5. The highest BCUT2D eigenvalue weighted by Crippen LogP contribution is 2.34. The molecule has 1 N–H and O–H groups in total. The first-order valence-electron chi connectivity index (χ1n) is 10.1. The molecule has 2 rings (SSSR count). The number of benzene rings is 1. The van der Waals surface area contributed by atoms with Crippen LogP contribution in [0.15, 0.2) is 47.6 Å². The molecule has 2 atom stereocenters. The third-order valence-corrected chi connectivity index (χ3v) is 5.41. The van der Waals surface area contributed by atoms with Crippen molar-refractivity contribution in [1.29, 1.82) is 0 Å². The molecule has 0 aromatic heterocycles. The molecular weight excluding hydrogens is 368 g/mol. The number of rotatable bonds is 3. The zero-order chi connectivity index (χ0) is 21.6. The number of aromatic hydroxyl groups is 1. The van der Waals surface area contributed by atoms with Crippen molar-refractivity contribution in [3.8, 4) is 5.75 Å². The SMILES string of the molecule is CC(=O)OC1CC=C(C)CCCC(C)(C)C(OC(=O)c2ccc(O)cc2)C=C1C. The molecule has 0 saturated heterocycles. The third kappa shape index (κ3) is 6.77. The number of carbonyl (C=O) groups excluding carboxylic acids is 2. The summed E-state index contributed by atoms with van der Waals surface area (Å²) < 4.78 is 11.4. The molecule has 1 aliphatic rings. The van der Waals surface area contributed by atoms with Crippen LogP contribution in [0.2, 0.25) is 0 Å². The van der Waals surface area contributed by atoms with E-state index in [1.807, 2.05) is 13.0 Å². The minimum Gasteiger partial charge on any atom is -0.508 e. The molecule has 1 aliphatic carbocycles. The van der Waals surface area contributed by atoms with Crippen LogP contribution in [0.4, 0.5) is 0 Å². The summed E-state index contributed by atoms with van der Waals surface area (Å²) in [7, 11) is 0. The van der Waals surface area contributed by atoms with Crippen molar-refractivity contribution < 1.29 is 24.2 Å². The van der Waals surface area contributed by atoms with Crippen molar-refractivity contribution in [2.45, 2.75) is 72.5 Å². The van der Waals surface area contributed by atoms with Gasteiger partial charge in [0.1, 0.15) is 18.0 Å². The molecule has 158 valence electrons. The Kier molecular flexibility index (Phi) is 7.66. The van der Waals surface area contributed by atoms with Gasteiger partial charge in [-0.25, -0.2) is 4.79 Å². The highest BCUT2D eigenvalue weighted by molar-refractivity contribution is 5.89. The van der Waals surface area contributed by atoms with Gasteiger partial charge in [0.15, 0.2) is 0 Å². The largest absolute Gasteiger partial charge is 0.508 e. The molecule has 0 aliphatic heterocycles. The molecule has 0 saturated carbocycles. The van der Waals surface area contributed by atoms with Crippen LogP contribution in [0, 0.1) is 5.41 Å². The molecule has 5 nitrogen and oxygen atoms in total. The van der Waals surface area contributed by atoms with Crippen molar-refractivity contribution in [2.24, 2.45) is 5.41 Å². The first kappa shape index (κ1) is 22.7. The average Bonchev–Trinajstić information content (AvgIpc) is 2.65. The number of phenolic OH excluding ortho intramolecular Hbond substituents is 1. The minimum atomic E-state index is -0.472. The second-order valence-corrected chi connectivity index (χ2v) is 8.51. The molecule has 0 spiro atoms. The molecule has 1 aromatic rings. The van der Waals surface area contributed by atoms with Crippen molar-refractivity contribution in [2.75, 3.05) is 0 Å². The Morgan fingerprint density at radius 1 is 1.10 bits per heavy atom. The Morgan fingerprint density at radius 2 is 1.76 bits per heavy atom. The van der Waals surface area contributed by atoms with Gasteiger partial charge < -0.3 is 14.6 Å². The Labute approximate surface area is 173 Å². The second-order valence-electron chi connectivity index (χ2n) is 8.51. The summed E-state index contributed by atoms with van der Waals surface area (Å²) in [5.41, 5.74) is 2.22. The fraction of sp³-hybridized carbons (Fsp3) is 0.500. The van der Waals surface area contributed by atoms with Gasteiger partial charge in [-0.05, 0) is 69.0 Å². The van der Waals surface area contributed by atoms with Crippen molar-refractivity contribution in [1.82, 2.24) is 0 Å². The van der Waals surface area contributed by atoms with Crippen LogP contribution >= 0.6 is 0 Å². The summed E-state index contributed by atoms with van der Waals surface area (Å²) >= 11 is 0. The topological polar surface area (TPSA) is 72.8 Å². The van der Waals surface area contributed by atoms with Crippen molar-refractivity contribution in [3.05, 3.63) is 53.1 Å². The Morgan fingerprint density at radius 3 is 2.38 bits per heavy atom. The Bertz CT molecular complexity index is 786. The first-order valence-corrected chi connectivity index (χ1v) is 10.1. The van der Waals surface area contributed by atoms with Gasteiger partial charge in [-0.2, -0.15) is 0 Å². The van der Waals surface area contributed by atoms with Crippen LogP contribution in [0.3, 0.4) is 0 Å². The van der Waals surface area contributed by atoms with Gasteiger partial charge in [0, 0.05) is 18.8 Å². The van der Waals surface area contributed by atoms with Crippen molar-refractivity contribution in [3.63, 3.8) is 0 Å². The minimum absolute atomic E-state index is 0.0969. The van der Waals surface area contributed by atoms with Gasteiger partial charge >= 0.3 is 11.9 Å². The first-order chi connectivity index (χ1) is 13.6. The predicted molar refractivity (Wildman–Crippen MR) is 113 cm³/mol. The van der Waals surface area contributed by atoms with Crippen LogP contribution in [0.5, 0.6) is 5.75 Å². The van der Waals surface area contributed by atoms with Crippen LogP contribution < -0.4 is 0 Å². The van der Waals surface area contributed by atoms with Gasteiger partial charge in [-0.3, -0.25) is 4.79 Å². The number of ether oxygens (including phenoxy) is 2. The Hall–Kier alpha value is -2.56. The van der Waals surface area contributed by atoms with Crippen LogP contribution in [-0.4, -0.2) is 29.3 Å². The van der Waals surface area contributed by atoms with E-state index in [0.29, 0.717) is 12.0 Å². The van der Waals surface area contributed by atoms with Gasteiger partial charge in [0.05, 0.1) is 5.56 Å². The zero-order valence-corrected chi connectivity index (χ0v) is 18.0. The van der Waals surface area contributed by atoms with Gasteiger partial charge in [-0.1, -0.05) is 25.5 Å².